The van der Waals surface area contributed by atoms with Crippen LogP contribution in [0.5, 0.6) is 5.75 Å². The lowest BCUT2D eigenvalue weighted by Gasteiger charge is -2.22. The maximum absolute atomic E-state index is 13.2. The van der Waals surface area contributed by atoms with Crippen molar-refractivity contribution in [3.8, 4) is 5.75 Å². The van der Waals surface area contributed by atoms with Crippen LogP contribution in [0.3, 0.4) is 0 Å². The Balaban J connectivity index is 2.98. The van der Waals surface area contributed by atoms with Gasteiger partial charge in [0.2, 0.25) is 0 Å². The number of ether oxygens (including phenoxy) is 1. The van der Waals surface area contributed by atoms with Crippen molar-refractivity contribution in [2.45, 2.75) is 32.4 Å². The topological polar surface area (TPSA) is 75.6 Å². The lowest BCUT2D eigenvalue weighted by Crippen LogP contribution is -2.35. The van der Waals surface area contributed by atoms with Crippen LogP contribution in [0.1, 0.15) is 32.4 Å². The Labute approximate surface area is 114 Å². The summed E-state index contributed by atoms with van der Waals surface area (Å²) < 4.78 is 31.2. The van der Waals surface area contributed by atoms with E-state index in [1.54, 1.807) is 20.8 Å². The number of hydrogen-bond acceptors (Lipinski definition) is 4. The van der Waals surface area contributed by atoms with Gasteiger partial charge in [-0.3, -0.25) is 0 Å². The van der Waals surface area contributed by atoms with E-state index in [4.69, 9.17) is 4.74 Å². The predicted octanol–water partition coefficient (Wildman–Crippen LogP) is 2.44. The van der Waals surface area contributed by atoms with Gasteiger partial charge in [-0.2, -0.15) is 0 Å². The molecule has 0 aromatic heterocycles. The van der Waals surface area contributed by atoms with Gasteiger partial charge in [-0.15, -0.1) is 0 Å². The standard InChI is InChI=1S/C13H15F2NO4/c1-13(2,3)20-12(19)16-10(6-17)8-4-7(14)5-9(15)11(8)18/h4-6,10,18H,1-3H3,(H,16,19). The largest absolute Gasteiger partial charge is 0.505 e. The minimum Gasteiger partial charge on any atom is -0.505 e. The van der Waals surface area contributed by atoms with Crippen molar-refractivity contribution in [2.24, 2.45) is 0 Å². The molecule has 1 atom stereocenters. The van der Waals surface area contributed by atoms with E-state index >= 15 is 0 Å². The smallest absolute Gasteiger partial charge is 0.408 e. The first-order valence-electron chi connectivity index (χ1n) is 5.77. The number of rotatable bonds is 3. The van der Waals surface area contributed by atoms with E-state index in [9.17, 15) is 23.5 Å². The molecule has 0 radical (unpaired) electrons. The highest BCUT2D eigenvalue weighted by Crippen LogP contribution is 2.27. The van der Waals surface area contributed by atoms with Crippen molar-refractivity contribution in [2.75, 3.05) is 0 Å². The molecular weight excluding hydrogens is 272 g/mol. The zero-order valence-corrected chi connectivity index (χ0v) is 11.2. The average molecular weight is 287 g/mol. The van der Waals surface area contributed by atoms with Gasteiger partial charge in [0.05, 0.1) is 0 Å². The number of amides is 1. The maximum Gasteiger partial charge on any atom is 0.408 e. The van der Waals surface area contributed by atoms with E-state index in [-0.39, 0.29) is 11.8 Å². The van der Waals surface area contributed by atoms with Gasteiger partial charge in [-0.05, 0) is 26.8 Å². The van der Waals surface area contributed by atoms with Crippen LogP contribution in [0.25, 0.3) is 0 Å². The second-order valence-corrected chi connectivity index (χ2v) is 5.09. The first-order valence-corrected chi connectivity index (χ1v) is 5.77. The van der Waals surface area contributed by atoms with E-state index in [1.165, 1.54) is 0 Å². The maximum atomic E-state index is 13.2. The highest BCUT2D eigenvalue weighted by molar-refractivity contribution is 5.75. The summed E-state index contributed by atoms with van der Waals surface area (Å²) in [7, 11) is 0. The quantitative estimate of drug-likeness (QED) is 0.837. The molecule has 1 unspecified atom stereocenters. The minimum absolute atomic E-state index is 0.234. The van der Waals surface area contributed by atoms with Crippen molar-refractivity contribution in [1.29, 1.82) is 0 Å². The highest BCUT2D eigenvalue weighted by Gasteiger charge is 2.23. The van der Waals surface area contributed by atoms with E-state index in [2.05, 4.69) is 5.32 Å². The zero-order valence-electron chi connectivity index (χ0n) is 11.2. The van der Waals surface area contributed by atoms with Crippen LogP contribution in [-0.2, 0) is 9.53 Å². The number of nitrogens with one attached hydrogen (secondary N) is 1. The van der Waals surface area contributed by atoms with Crippen LogP contribution in [0.15, 0.2) is 12.1 Å². The number of phenolic OH excluding ortho intramolecular Hbond substituents is 1. The molecule has 0 heterocycles. The van der Waals surface area contributed by atoms with Crippen molar-refractivity contribution in [3.05, 3.63) is 29.3 Å². The van der Waals surface area contributed by atoms with Gasteiger partial charge < -0.3 is 20.0 Å². The Kier molecular flexibility index (Phi) is 4.65. The molecule has 0 bridgehead atoms. The van der Waals surface area contributed by atoms with Crippen LogP contribution in [0, 0.1) is 11.6 Å². The van der Waals surface area contributed by atoms with Crippen LogP contribution in [0.2, 0.25) is 0 Å². The first-order chi connectivity index (χ1) is 9.14. The fraction of sp³-hybridized carbons (Fsp3) is 0.385. The molecule has 110 valence electrons. The number of carbonyl (C=O) groups excluding carboxylic acids is 2. The molecule has 0 spiro atoms. The number of phenols is 1. The van der Waals surface area contributed by atoms with Crippen molar-refractivity contribution < 1.29 is 28.2 Å². The average Bonchev–Trinajstić information content (AvgIpc) is 2.28. The summed E-state index contributed by atoms with van der Waals surface area (Å²) in [6, 6.07) is -0.196. The Hall–Kier alpha value is -2.18. The molecule has 2 N–H and O–H groups in total. The molecule has 0 saturated heterocycles. The molecule has 0 saturated carbocycles. The molecule has 0 aliphatic carbocycles. The number of hydrogen-bond donors (Lipinski definition) is 2. The van der Waals surface area contributed by atoms with Crippen LogP contribution in [0.4, 0.5) is 13.6 Å². The predicted molar refractivity (Wildman–Crippen MR) is 66.2 cm³/mol. The SMILES string of the molecule is CC(C)(C)OC(=O)NC(C=O)c1cc(F)cc(F)c1O. The van der Waals surface area contributed by atoms with Crippen molar-refractivity contribution >= 4 is 12.4 Å². The molecule has 1 aromatic rings. The van der Waals surface area contributed by atoms with Gasteiger partial charge in [-0.1, -0.05) is 0 Å². The molecule has 1 rings (SSSR count). The molecule has 0 aliphatic heterocycles. The molecule has 0 aliphatic rings. The number of alkyl carbamates (subject to hydrolysis) is 1. The van der Waals surface area contributed by atoms with Gasteiger partial charge in [0.25, 0.3) is 0 Å². The monoisotopic (exact) mass is 287 g/mol. The summed E-state index contributed by atoms with van der Waals surface area (Å²) in [5.74, 6) is -3.11. The Bertz CT molecular complexity index is 526. The summed E-state index contributed by atoms with van der Waals surface area (Å²) in [6.07, 6.45) is -0.712. The van der Waals surface area contributed by atoms with E-state index < -0.39 is 35.1 Å². The summed E-state index contributed by atoms with van der Waals surface area (Å²) in [5.41, 5.74) is -1.18. The molecule has 1 amide bonds. The molecule has 1 aromatic carbocycles. The summed E-state index contributed by atoms with van der Waals surface area (Å²) >= 11 is 0. The van der Waals surface area contributed by atoms with Crippen LogP contribution in [-0.4, -0.2) is 23.1 Å². The third-order valence-electron chi connectivity index (χ3n) is 2.20. The lowest BCUT2D eigenvalue weighted by molar-refractivity contribution is -0.109. The highest BCUT2D eigenvalue weighted by atomic mass is 19.1. The van der Waals surface area contributed by atoms with Gasteiger partial charge in [-0.25, -0.2) is 13.6 Å². The van der Waals surface area contributed by atoms with Crippen LogP contribution < -0.4 is 5.32 Å². The number of aromatic hydroxyl groups is 1. The Morgan fingerprint density at radius 1 is 1.40 bits per heavy atom. The molecule has 5 nitrogen and oxygen atoms in total. The lowest BCUT2D eigenvalue weighted by atomic mass is 10.1. The third kappa shape index (κ3) is 4.18. The Morgan fingerprint density at radius 2 is 2.00 bits per heavy atom. The van der Waals surface area contributed by atoms with Gasteiger partial charge in [0.1, 0.15) is 23.7 Å². The summed E-state index contributed by atoms with van der Waals surface area (Å²) in [4.78, 5) is 22.5. The van der Waals surface area contributed by atoms with Gasteiger partial charge in [0.15, 0.2) is 11.6 Å². The number of benzene rings is 1. The van der Waals surface area contributed by atoms with Crippen molar-refractivity contribution in [1.82, 2.24) is 5.32 Å². The van der Waals surface area contributed by atoms with E-state index in [1.807, 2.05) is 0 Å². The second kappa shape index (κ2) is 5.85. The normalized spacial score (nSPS) is 12.7. The number of aldehydes is 1. The zero-order chi connectivity index (χ0) is 15.5. The number of halogens is 2. The van der Waals surface area contributed by atoms with Gasteiger partial charge in [0, 0.05) is 11.6 Å². The molecule has 20 heavy (non-hydrogen) atoms. The molecular formula is C13H15F2NO4. The minimum atomic E-state index is -1.42. The second-order valence-electron chi connectivity index (χ2n) is 5.09. The Morgan fingerprint density at radius 3 is 2.50 bits per heavy atom. The fourth-order valence-electron chi connectivity index (χ4n) is 1.44. The molecule has 0 fully saturated rings. The summed E-state index contributed by atoms with van der Waals surface area (Å²) in [5, 5.41) is 11.6. The van der Waals surface area contributed by atoms with E-state index in [0.29, 0.717) is 6.07 Å². The number of carbonyl (C=O) groups is 2. The first kappa shape index (κ1) is 15.9. The molecule has 7 heteroatoms. The van der Waals surface area contributed by atoms with Gasteiger partial charge >= 0.3 is 6.09 Å². The summed E-state index contributed by atoms with van der Waals surface area (Å²) in [6.45, 7) is 4.84. The van der Waals surface area contributed by atoms with Crippen molar-refractivity contribution in [3.63, 3.8) is 0 Å². The van der Waals surface area contributed by atoms with E-state index in [0.717, 1.165) is 6.07 Å². The fourth-order valence-corrected chi connectivity index (χ4v) is 1.44. The van der Waals surface area contributed by atoms with Crippen LogP contribution >= 0.6 is 0 Å². The third-order valence-corrected chi connectivity index (χ3v) is 2.20.